The summed E-state index contributed by atoms with van der Waals surface area (Å²) in [6.45, 7) is -0.610. The molecule has 7 heterocycles. The number of H-pyrrole nitrogens is 1. The topological polar surface area (TPSA) is 332 Å². The van der Waals surface area contributed by atoms with Gasteiger partial charge >= 0.3 is 20.6 Å². The first kappa shape index (κ1) is 52.0. The van der Waals surface area contributed by atoms with Crippen LogP contribution in [-0.4, -0.2) is 124 Å². The number of nitrogen functional groups attached to an aromatic ring is 1. The molecule has 29 heteroatoms. The van der Waals surface area contributed by atoms with Crippen LogP contribution < -0.4 is 16.6 Å². The van der Waals surface area contributed by atoms with E-state index in [1.807, 2.05) is 0 Å². The predicted octanol–water partition coefficient (Wildman–Crippen LogP) is 3.82. The Morgan fingerprint density at radius 1 is 0.930 bits per heavy atom. The number of nitrogens with two attached hydrogens (primary N) is 1. The third-order valence-electron chi connectivity index (χ3n) is 12.2. The number of nitrogens with zero attached hydrogens (tertiary/aromatic N) is 7. The zero-order valence-corrected chi connectivity index (χ0v) is 41.2. The smallest absolute Gasteiger partial charge is 0.469 e. The lowest BCUT2D eigenvalue weighted by Gasteiger charge is -2.28. The highest BCUT2D eigenvalue weighted by atomic mass is 32.7. The molecule has 5 aromatic rings. The number of methoxy groups -OCH3 is 1. The first-order chi connectivity index (χ1) is 33.8. The fourth-order valence-corrected chi connectivity index (χ4v) is 12.6. The number of hydrogen-bond acceptors (Lipinski definition) is 21. The van der Waals surface area contributed by atoms with Gasteiger partial charge in [-0.3, -0.25) is 51.2 Å². The molecule has 1 amide bonds. The predicted molar refractivity (Wildman–Crippen MR) is 248 cm³/mol. The van der Waals surface area contributed by atoms with E-state index in [0.717, 1.165) is 17.7 Å². The molecule has 0 saturated carbocycles. The molecule has 5 N–H and O–H groups in total. The Kier molecular flexibility index (Phi) is 16.0. The van der Waals surface area contributed by atoms with Gasteiger partial charge < -0.3 is 35.1 Å². The SMILES string of the molecule is COC(=O)CCC(=O)C[C@H](C(=O)N[C@@H](C)C(=O)Cc1ccc(CSP2(=O)OC[C@H]3O[C@@H](n4cnc5c(N)ncnc54)[C@H](F)[C@@H]3OP(=O)(O)OC[C@H]3O[C@@H](n4cnc5c(=O)[nH]cnc54)C[C@@H]3O2)cc1)C(C)C. The number of imidazole rings is 2. The van der Waals surface area contributed by atoms with Crippen LogP contribution in [-0.2, 0) is 72.8 Å². The summed E-state index contributed by atoms with van der Waals surface area (Å²) in [5.74, 6) is -2.48. The molecular weight excluding hydrogens is 998 g/mol. The molecule has 382 valence electrons. The van der Waals surface area contributed by atoms with E-state index in [1.165, 1.54) is 35.2 Å². The highest BCUT2D eigenvalue weighted by Gasteiger charge is 2.53. The Hall–Kier alpha value is -5.34. The number of aromatic amines is 1. The largest absolute Gasteiger partial charge is 0.472 e. The zero-order chi connectivity index (χ0) is 50.8. The minimum absolute atomic E-state index is 0.00851. The quantitative estimate of drug-likeness (QED) is 0.0806. The van der Waals surface area contributed by atoms with Crippen LogP contribution in [0.2, 0.25) is 0 Å². The average Bonchev–Trinajstić information content (AvgIpc) is 4.13. The first-order valence-corrected chi connectivity index (χ1v) is 27.0. The summed E-state index contributed by atoms with van der Waals surface area (Å²) < 4.78 is 87.8. The number of hydrogen-bond donors (Lipinski definition) is 4. The summed E-state index contributed by atoms with van der Waals surface area (Å²) in [4.78, 5) is 97.0. The van der Waals surface area contributed by atoms with Crippen molar-refractivity contribution >= 4 is 77.6 Å². The minimum Gasteiger partial charge on any atom is -0.469 e. The van der Waals surface area contributed by atoms with Gasteiger partial charge in [0.1, 0.15) is 48.3 Å². The molecule has 71 heavy (non-hydrogen) atoms. The van der Waals surface area contributed by atoms with Crippen molar-refractivity contribution in [2.75, 3.05) is 26.1 Å². The number of aromatic nitrogens is 8. The van der Waals surface area contributed by atoms with E-state index in [4.69, 9.17) is 33.3 Å². The number of ketones is 2. The molecule has 1 aromatic carbocycles. The Labute approximate surface area is 407 Å². The average molecular weight is 1050 g/mol. The van der Waals surface area contributed by atoms with Crippen LogP contribution in [0.1, 0.15) is 70.0 Å². The summed E-state index contributed by atoms with van der Waals surface area (Å²) in [6.07, 6.45) is -5.91. The van der Waals surface area contributed by atoms with Crippen molar-refractivity contribution in [3.05, 3.63) is 71.1 Å². The number of anilines is 1. The van der Waals surface area contributed by atoms with Gasteiger partial charge in [0.2, 0.25) is 5.91 Å². The number of esters is 1. The van der Waals surface area contributed by atoms with E-state index in [9.17, 15) is 33.4 Å². The van der Waals surface area contributed by atoms with E-state index in [1.54, 1.807) is 45.0 Å². The van der Waals surface area contributed by atoms with Crippen molar-refractivity contribution < 1.29 is 69.9 Å². The summed E-state index contributed by atoms with van der Waals surface area (Å²) in [7, 11) is -3.88. The molecule has 25 nitrogen and oxygen atoms in total. The van der Waals surface area contributed by atoms with Gasteiger partial charge in [0.25, 0.3) is 5.56 Å². The molecular formula is C42H51FN10O15P2S. The van der Waals surface area contributed by atoms with Crippen molar-refractivity contribution in [2.45, 2.75) is 108 Å². The van der Waals surface area contributed by atoms with Gasteiger partial charge in [-0.25, -0.2) is 38.4 Å². The minimum atomic E-state index is -5.10. The normalized spacial score (nSPS) is 27.8. The second kappa shape index (κ2) is 21.8. The van der Waals surface area contributed by atoms with E-state index in [2.05, 4.69) is 40.0 Å². The molecule has 0 aliphatic carbocycles. The fraction of sp³-hybridized carbons (Fsp3) is 0.524. The number of ether oxygens (including phenoxy) is 3. The van der Waals surface area contributed by atoms with Crippen LogP contribution in [0.5, 0.6) is 0 Å². The second-order valence-corrected chi connectivity index (χ2v) is 22.8. The monoisotopic (exact) mass is 1050 g/mol. The number of carbonyl (C=O) groups excluding carboxylic acids is 4. The molecule has 4 aromatic heterocycles. The number of nitrogens with one attached hydrogen (secondary N) is 2. The highest BCUT2D eigenvalue weighted by Crippen LogP contribution is 2.64. The van der Waals surface area contributed by atoms with E-state index in [0.29, 0.717) is 11.1 Å². The third-order valence-corrected chi connectivity index (χ3v) is 16.8. The van der Waals surface area contributed by atoms with Crippen LogP contribution in [0.3, 0.4) is 0 Å². The van der Waals surface area contributed by atoms with E-state index < -0.39 is 100 Å². The number of carbonyl (C=O) groups is 4. The molecule has 3 aliphatic heterocycles. The second-order valence-electron chi connectivity index (χ2n) is 17.4. The van der Waals surface area contributed by atoms with Gasteiger partial charge in [-0.1, -0.05) is 38.1 Å². The van der Waals surface area contributed by atoms with Crippen molar-refractivity contribution in [1.82, 2.24) is 44.4 Å². The van der Waals surface area contributed by atoms with Crippen LogP contribution in [0.25, 0.3) is 22.3 Å². The number of rotatable bonds is 16. The van der Waals surface area contributed by atoms with Gasteiger partial charge in [0.15, 0.2) is 40.8 Å². The van der Waals surface area contributed by atoms with Gasteiger partial charge in [0.05, 0.1) is 51.8 Å². The van der Waals surface area contributed by atoms with Gasteiger partial charge in [-0.05, 0) is 35.4 Å². The third kappa shape index (κ3) is 12.0. The molecule has 3 fully saturated rings. The molecule has 0 bridgehead atoms. The van der Waals surface area contributed by atoms with E-state index in [-0.39, 0.29) is 83.5 Å². The van der Waals surface area contributed by atoms with Gasteiger partial charge in [0, 0.05) is 37.4 Å². The van der Waals surface area contributed by atoms with E-state index >= 15 is 8.96 Å². The Balaban J connectivity index is 0.977. The Morgan fingerprint density at radius 3 is 2.38 bits per heavy atom. The number of phosphoric ester groups is 1. The van der Waals surface area contributed by atoms with Crippen LogP contribution >= 0.6 is 26.0 Å². The maximum atomic E-state index is 16.5. The number of Topliss-reactive ketones (excluding diaryl/α,β-unsaturated/α-hetero) is 2. The highest BCUT2D eigenvalue weighted by molar-refractivity contribution is 8.54. The van der Waals surface area contributed by atoms with Crippen molar-refractivity contribution in [3.8, 4) is 0 Å². The molecule has 2 unspecified atom stereocenters. The maximum absolute atomic E-state index is 16.5. The summed E-state index contributed by atoms with van der Waals surface area (Å²) in [6, 6.07) is 5.89. The molecule has 3 aliphatic rings. The summed E-state index contributed by atoms with van der Waals surface area (Å²) in [5, 5.41) is 2.73. The lowest BCUT2D eigenvalue weighted by Crippen LogP contribution is -2.44. The van der Waals surface area contributed by atoms with Crippen molar-refractivity contribution in [2.24, 2.45) is 11.8 Å². The van der Waals surface area contributed by atoms with Crippen molar-refractivity contribution in [1.29, 1.82) is 0 Å². The summed E-state index contributed by atoms with van der Waals surface area (Å²) in [5.41, 5.74) is 7.05. The first-order valence-electron chi connectivity index (χ1n) is 22.3. The number of fused-ring (bicyclic) bond motifs is 4. The van der Waals surface area contributed by atoms with Crippen LogP contribution in [0.4, 0.5) is 10.2 Å². The summed E-state index contributed by atoms with van der Waals surface area (Å²) >= 11 is 0.774. The maximum Gasteiger partial charge on any atom is 0.472 e. The molecule has 0 spiro atoms. The Bertz CT molecular complexity index is 2940. The van der Waals surface area contributed by atoms with Crippen LogP contribution in [0, 0.1) is 11.8 Å². The number of halogens is 1. The lowest BCUT2D eigenvalue weighted by atomic mass is 9.88. The molecule has 3 saturated heterocycles. The number of phosphoric acid groups is 1. The zero-order valence-electron chi connectivity index (χ0n) is 38.6. The molecule has 8 rings (SSSR count). The van der Waals surface area contributed by atoms with Gasteiger partial charge in [-0.15, -0.1) is 0 Å². The lowest BCUT2D eigenvalue weighted by molar-refractivity contribution is -0.142. The van der Waals surface area contributed by atoms with Crippen molar-refractivity contribution in [3.63, 3.8) is 0 Å². The Morgan fingerprint density at radius 2 is 1.63 bits per heavy atom. The number of amides is 1. The number of alkyl halides is 1. The molecule has 0 radical (unpaired) electrons. The molecule has 11 atom stereocenters. The van der Waals surface area contributed by atoms with Gasteiger partial charge in [-0.2, -0.15) is 0 Å². The standard InChI is InChI=1S/C42H51FN10O15P2S/c1-21(2)26(12-25(54)9-10-32(56)62-4)40(57)51-22(3)27(55)11-23-5-7-24(8-6-23)16-71-70(61)64-15-30-36(33(43)42(66-30)53-20-49-34-37(44)45-17-46-38(34)53)68-69(59,60)63-14-29-28(67-70)13-31(65-29)52-19-50-35-39(52)47-18-48-41(35)58/h5-8,17-22,26,28-31,33,36,42H,9-16H2,1-4H3,(H,51,57)(H,59,60)(H2,44,45,46)(H,47,48,58)/t22-,26-,28-,29+,30+,31+,33+,36+,42+,70?/m0/s1. The fourth-order valence-electron chi connectivity index (χ4n) is 8.20. The number of benzene rings is 1. The van der Waals surface area contributed by atoms with Crippen LogP contribution in [0.15, 0.2) is 54.4 Å².